The zero-order chi connectivity index (χ0) is 27.4. The molecule has 38 heavy (non-hydrogen) atoms. The number of carboxylic acid groups (broad SMARTS) is 1. The van der Waals surface area contributed by atoms with Crippen LogP contribution >= 0.6 is 0 Å². The maximum atomic E-state index is 12.3. The summed E-state index contributed by atoms with van der Waals surface area (Å²) in [4.78, 5) is 23.0. The Balaban J connectivity index is 1.65. The highest BCUT2D eigenvalue weighted by Crippen LogP contribution is 2.37. The molecule has 12 heteroatoms. The number of ether oxygens (including phenoxy) is 2. The second kappa shape index (κ2) is 11.1. The first-order valence-electron chi connectivity index (χ1n) is 11.7. The van der Waals surface area contributed by atoms with Crippen molar-refractivity contribution in [3.05, 3.63) is 53.7 Å². The highest BCUT2D eigenvalue weighted by atomic mass is 16.5. The first kappa shape index (κ1) is 26.3. The molecule has 0 saturated heterocycles. The number of nitrogens with zero attached hydrogens (tertiary/aromatic N) is 6. The second-order valence-electron chi connectivity index (χ2n) is 8.71. The van der Waals surface area contributed by atoms with Crippen LogP contribution in [0.25, 0.3) is 22.4 Å². The number of benzene rings is 1. The van der Waals surface area contributed by atoms with Crippen LogP contribution < -0.4 is 19.7 Å². The van der Waals surface area contributed by atoms with Crippen LogP contribution in [-0.4, -0.2) is 70.8 Å². The van der Waals surface area contributed by atoms with Gasteiger partial charge in [0.25, 0.3) is 0 Å². The van der Waals surface area contributed by atoms with Crippen LogP contribution in [0.3, 0.4) is 0 Å². The van der Waals surface area contributed by atoms with Gasteiger partial charge in [0.05, 0.1) is 36.7 Å². The van der Waals surface area contributed by atoms with Gasteiger partial charge in [-0.15, -0.1) is 5.10 Å². The van der Waals surface area contributed by atoms with Crippen LogP contribution in [-0.2, 0) is 11.2 Å². The minimum absolute atomic E-state index is 0.0496. The number of carbonyl (C=O) groups is 1. The van der Waals surface area contributed by atoms with Gasteiger partial charge in [0.15, 0.2) is 0 Å². The van der Waals surface area contributed by atoms with Gasteiger partial charge >= 0.3 is 5.97 Å². The van der Waals surface area contributed by atoms with Crippen molar-refractivity contribution in [1.82, 2.24) is 25.3 Å². The normalized spacial score (nSPS) is 11.6. The average Bonchev–Trinajstić information content (AvgIpc) is 3.25. The minimum atomic E-state index is -1.07. The zero-order valence-corrected chi connectivity index (χ0v) is 22.0. The van der Waals surface area contributed by atoms with E-state index >= 15 is 0 Å². The van der Waals surface area contributed by atoms with Crippen molar-refractivity contribution in [2.45, 2.75) is 26.3 Å². The van der Waals surface area contributed by atoms with Crippen molar-refractivity contribution in [3.8, 4) is 33.9 Å². The van der Waals surface area contributed by atoms with Crippen LogP contribution in [0.1, 0.15) is 17.1 Å². The first-order chi connectivity index (χ1) is 18.2. The molecule has 3 aromatic heterocycles. The Kier molecular flexibility index (Phi) is 7.70. The molecule has 0 saturated carbocycles. The van der Waals surface area contributed by atoms with Gasteiger partial charge in [-0.3, -0.25) is 0 Å². The molecule has 12 nitrogen and oxygen atoms in total. The van der Waals surface area contributed by atoms with E-state index in [9.17, 15) is 9.90 Å². The summed E-state index contributed by atoms with van der Waals surface area (Å²) >= 11 is 0. The lowest BCUT2D eigenvalue weighted by Gasteiger charge is -2.19. The third-order valence-electron chi connectivity index (χ3n) is 5.90. The second-order valence-corrected chi connectivity index (χ2v) is 8.71. The smallest absolute Gasteiger partial charge is 0.326 e. The molecule has 0 aliphatic rings. The summed E-state index contributed by atoms with van der Waals surface area (Å²) in [7, 11) is 6.73. The molecule has 4 rings (SSSR count). The van der Waals surface area contributed by atoms with Gasteiger partial charge in [0.1, 0.15) is 34.8 Å². The number of methoxy groups -OCH3 is 2. The molecule has 0 spiro atoms. The van der Waals surface area contributed by atoms with Crippen LogP contribution in [0.5, 0.6) is 11.5 Å². The standard InChI is InChI=1S/C26H29N7O5/c1-14-22(15(2)38-32-14)17-13-27-26(33(3)4)29-24(17)28-19(25(34)35)12-16-10-11-18(31-30-16)23-20(36-5)8-7-9-21(23)37-6/h7-11,13,19H,12H2,1-6H3,(H,34,35)(H,27,28,29)/t19-/m0/s1. The number of aliphatic carboxylic acids is 1. The van der Waals surface area contributed by atoms with Crippen molar-refractivity contribution < 1.29 is 23.9 Å². The van der Waals surface area contributed by atoms with Gasteiger partial charge in [-0.2, -0.15) is 10.1 Å². The lowest BCUT2D eigenvalue weighted by Crippen LogP contribution is -2.33. The molecule has 1 atom stereocenters. The fraction of sp³-hybridized carbons (Fsp3) is 0.308. The summed E-state index contributed by atoms with van der Waals surface area (Å²) in [5, 5.41) is 25.7. The van der Waals surface area contributed by atoms with Crippen LogP contribution in [0.4, 0.5) is 11.8 Å². The summed E-state index contributed by atoms with van der Waals surface area (Å²) in [6.45, 7) is 3.58. The Morgan fingerprint density at radius 1 is 1.08 bits per heavy atom. The largest absolute Gasteiger partial charge is 0.496 e. The SMILES string of the molecule is COc1cccc(OC)c1-c1ccc(C[C@H](Nc2nc(N(C)C)ncc2-c2c(C)noc2C)C(=O)O)nn1. The van der Waals surface area contributed by atoms with Gasteiger partial charge < -0.3 is 29.3 Å². The van der Waals surface area contributed by atoms with Gasteiger partial charge in [0, 0.05) is 32.3 Å². The third-order valence-corrected chi connectivity index (χ3v) is 5.90. The van der Waals surface area contributed by atoms with E-state index in [-0.39, 0.29) is 6.42 Å². The molecule has 0 radical (unpaired) electrons. The first-order valence-corrected chi connectivity index (χ1v) is 11.7. The van der Waals surface area contributed by atoms with Crippen molar-refractivity contribution in [1.29, 1.82) is 0 Å². The van der Waals surface area contributed by atoms with E-state index in [1.54, 1.807) is 77.5 Å². The lowest BCUT2D eigenvalue weighted by atomic mass is 10.1. The molecule has 0 aliphatic heterocycles. The van der Waals surface area contributed by atoms with Gasteiger partial charge in [-0.25, -0.2) is 9.78 Å². The topological polar surface area (TPSA) is 149 Å². The highest BCUT2D eigenvalue weighted by molar-refractivity contribution is 5.83. The summed E-state index contributed by atoms with van der Waals surface area (Å²) in [6.07, 6.45) is 1.68. The number of hydrogen-bond donors (Lipinski definition) is 2. The predicted octanol–water partition coefficient (Wildman–Crippen LogP) is 3.40. The van der Waals surface area contributed by atoms with E-state index in [4.69, 9.17) is 14.0 Å². The molecule has 0 amide bonds. The lowest BCUT2D eigenvalue weighted by molar-refractivity contribution is -0.137. The fourth-order valence-electron chi connectivity index (χ4n) is 4.03. The molecule has 0 aliphatic carbocycles. The maximum Gasteiger partial charge on any atom is 0.326 e. The molecular weight excluding hydrogens is 490 g/mol. The van der Waals surface area contributed by atoms with Crippen molar-refractivity contribution in [3.63, 3.8) is 0 Å². The summed E-state index contributed by atoms with van der Waals surface area (Å²) < 4.78 is 16.2. The fourth-order valence-corrected chi connectivity index (χ4v) is 4.03. The number of hydrogen-bond acceptors (Lipinski definition) is 11. The molecule has 2 N–H and O–H groups in total. The summed E-state index contributed by atoms with van der Waals surface area (Å²) in [5.41, 5.74) is 3.61. The quantitative estimate of drug-likeness (QED) is 0.316. The minimum Gasteiger partial charge on any atom is -0.496 e. The Morgan fingerprint density at radius 2 is 1.79 bits per heavy atom. The molecule has 1 aromatic carbocycles. The van der Waals surface area contributed by atoms with Gasteiger partial charge in [-0.05, 0) is 38.1 Å². The number of carboxylic acids is 1. The number of anilines is 2. The summed E-state index contributed by atoms with van der Waals surface area (Å²) in [6, 6.07) is 7.85. The molecule has 4 aromatic rings. The van der Waals surface area contributed by atoms with E-state index in [0.717, 1.165) is 0 Å². The maximum absolute atomic E-state index is 12.3. The Hall–Kier alpha value is -4.74. The van der Waals surface area contributed by atoms with E-state index in [1.807, 2.05) is 6.07 Å². The molecule has 198 valence electrons. The third kappa shape index (κ3) is 5.33. The molecule has 0 bridgehead atoms. The number of aromatic nitrogens is 5. The van der Waals surface area contributed by atoms with E-state index in [1.165, 1.54) is 0 Å². The van der Waals surface area contributed by atoms with Crippen molar-refractivity contribution in [2.75, 3.05) is 38.5 Å². The average molecular weight is 520 g/mol. The Labute approximate surface area is 219 Å². The molecule has 0 unspecified atom stereocenters. The van der Waals surface area contributed by atoms with E-state index < -0.39 is 12.0 Å². The number of rotatable bonds is 10. The monoisotopic (exact) mass is 519 g/mol. The van der Waals surface area contributed by atoms with Crippen molar-refractivity contribution >= 4 is 17.7 Å². The number of nitrogens with one attached hydrogen (secondary N) is 1. The summed E-state index contributed by atoms with van der Waals surface area (Å²) in [5.74, 6) is 1.44. The van der Waals surface area contributed by atoms with Crippen LogP contribution in [0, 0.1) is 13.8 Å². The zero-order valence-electron chi connectivity index (χ0n) is 22.0. The van der Waals surface area contributed by atoms with E-state index in [0.29, 0.717) is 62.8 Å². The molecule has 0 fully saturated rings. The highest BCUT2D eigenvalue weighted by Gasteiger charge is 2.25. The molecule has 3 heterocycles. The van der Waals surface area contributed by atoms with Gasteiger partial charge in [-0.1, -0.05) is 11.2 Å². The van der Waals surface area contributed by atoms with Crippen LogP contribution in [0.2, 0.25) is 0 Å². The van der Waals surface area contributed by atoms with Gasteiger partial charge in [0.2, 0.25) is 5.95 Å². The van der Waals surface area contributed by atoms with Crippen LogP contribution in [0.15, 0.2) is 41.1 Å². The molecular formula is C26H29N7O5. The Bertz CT molecular complexity index is 1390. The number of aryl methyl sites for hydroxylation is 2. The van der Waals surface area contributed by atoms with Crippen molar-refractivity contribution in [2.24, 2.45) is 0 Å². The van der Waals surface area contributed by atoms with E-state index in [2.05, 4.69) is 30.6 Å². The Morgan fingerprint density at radius 3 is 2.32 bits per heavy atom. The predicted molar refractivity (Wildman–Crippen MR) is 141 cm³/mol.